The lowest BCUT2D eigenvalue weighted by Crippen LogP contribution is -2.21. The summed E-state index contributed by atoms with van der Waals surface area (Å²) in [5, 5.41) is 4.76. The molecule has 1 aromatic heterocycles. The zero-order chi connectivity index (χ0) is 18.4. The van der Waals surface area contributed by atoms with Gasteiger partial charge in [-0.25, -0.2) is 4.68 Å². The summed E-state index contributed by atoms with van der Waals surface area (Å²) in [6.07, 6.45) is 0. The van der Waals surface area contributed by atoms with Crippen LogP contribution < -0.4 is 0 Å². The fraction of sp³-hybridized carbons (Fsp3) is 0. The van der Waals surface area contributed by atoms with E-state index in [1.54, 1.807) is 16.8 Å². The molecule has 1 aliphatic rings. The molecular formula is C23H14N2O2. The third-order valence-electron chi connectivity index (χ3n) is 4.79. The van der Waals surface area contributed by atoms with Crippen molar-refractivity contribution in [1.82, 2.24) is 9.78 Å². The molecule has 0 unspecified atom stereocenters. The summed E-state index contributed by atoms with van der Waals surface area (Å²) in [7, 11) is 0. The Balaban J connectivity index is 1.90. The van der Waals surface area contributed by atoms with Gasteiger partial charge in [0.2, 0.25) is 11.6 Å². The SMILES string of the molecule is O=C1C(=O)c2c(-c3ccccc3)nn(-c3ccccc3)c2-c2ccccc21. The molecule has 0 bridgehead atoms. The van der Waals surface area contributed by atoms with Crippen LogP contribution in [0.4, 0.5) is 0 Å². The Bertz CT molecular complexity index is 1190. The van der Waals surface area contributed by atoms with E-state index in [4.69, 9.17) is 5.10 Å². The van der Waals surface area contributed by atoms with Crippen molar-refractivity contribution < 1.29 is 9.59 Å². The molecule has 0 amide bonds. The van der Waals surface area contributed by atoms with Crippen LogP contribution in [0.2, 0.25) is 0 Å². The van der Waals surface area contributed by atoms with Crippen molar-refractivity contribution >= 4 is 11.6 Å². The highest BCUT2D eigenvalue weighted by atomic mass is 16.2. The number of ketones is 2. The quantitative estimate of drug-likeness (QED) is 0.497. The summed E-state index contributed by atoms with van der Waals surface area (Å²) in [5.41, 5.74) is 4.37. The Morgan fingerprint density at radius 3 is 1.93 bits per heavy atom. The molecule has 0 saturated carbocycles. The summed E-state index contributed by atoms with van der Waals surface area (Å²) in [5.74, 6) is -0.993. The number of hydrogen-bond donors (Lipinski definition) is 0. The van der Waals surface area contributed by atoms with E-state index in [9.17, 15) is 9.59 Å². The molecule has 5 rings (SSSR count). The second kappa shape index (κ2) is 5.88. The van der Waals surface area contributed by atoms with E-state index in [-0.39, 0.29) is 0 Å². The normalized spacial score (nSPS) is 12.6. The number of hydrogen-bond acceptors (Lipinski definition) is 3. The number of Topliss-reactive ketones (excluding diaryl/α,β-unsaturated/α-hetero) is 2. The molecule has 1 aliphatic carbocycles. The third kappa shape index (κ3) is 2.27. The number of carbonyl (C=O) groups excluding carboxylic acids is 2. The van der Waals surface area contributed by atoms with E-state index in [1.807, 2.05) is 72.8 Å². The van der Waals surface area contributed by atoms with Crippen molar-refractivity contribution in [3.8, 4) is 28.2 Å². The van der Waals surface area contributed by atoms with Crippen LogP contribution in [0.25, 0.3) is 28.2 Å². The number of carbonyl (C=O) groups is 2. The molecule has 128 valence electrons. The summed E-state index contributed by atoms with van der Waals surface area (Å²) in [4.78, 5) is 25.7. The molecule has 0 fully saturated rings. The summed E-state index contributed by atoms with van der Waals surface area (Å²) in [6, 6.07) is 26.4. The Hall–Kier alpha value is -3.79. The van der Waals surface area contributed by atoms with Crippen molar-refractivity contribution in [3.63, 3.8) is 0 Å². The van der Waals surface area contributed by atoms with Crippen LogP contribution in [-0.2, 0) is 0 Å². The minimum Gasteiger partial charge on any atom is -0.285 e. The van der Waals surface area contributed by atoms with Gasteiger partial charge in [-0.05, 0) is 12.1 Å². The molecule has 4 nitrogen and oxygen atoms in total. The molecule has 0 radical (unpaired) electrons. The third-order valence-corrected chi connectivity index (χ3v) is 4.79. The van der Waals surface area contributed by atoms with E-state index in [0.29, 0.717) is 22.5 Å². The van der Waals surface area contributed by atoms with Crippen molar-refractivity contribution in [1.29, 1.82) is 0 Å². The number of rotatable bonds is 2. The first-order valence-corrected chi connectivity index (χ1v) is 8.68. The van der Waals surface area contributed by atoms with Crippen LogP contribution in [-0.4, -0.2) is 21.3 Å². The summed E-state index contributed by atoms with van der Waals surface area (Å²) in [6.45, 7) is 0. The second-order valence-corrected chi connectivity index (χ2v) is 6.39. The summed E-state index contributed by atoms with van der Waals surface area (Å²) < 4.78 is 1.76. The second-order valence-electron chi connectivity index (χ2n) is 6.39. The van der Waals surface area contributed by atoms with Crippen molar-refractivity contribution in [2.24, 2.45) is 0 Å². The van der Waals surface area contributed by atoms with Crippen LogP contribution >= 0.6 is 0 Å². The van der Waals surface area contributed by atoms with Gasteiger partial charge >= 0.3 is 0 Å². The maximum atomic E-state index is 13.0. The Kier molecular flexibility index (Phi) is 3.37. The molecule has 0 saturated heterocycles. The maximum absolute atomic E-state index is 13.0. The molecule has 4 heteroatoms. The standard InChI is InChI=1S/C23H14N2O2/c26-22-18-14-8-7-13-17(18)21-19(23(22)27)20(15-9-3-1-4-10-15)24-25(21)16-11-5-2-6-12-16/h1-14H. The molecule has 27 heavy (non-hydrogen) atoms. The van der Waals surface area contributed by atoms with Gasteiger partial charge in [0.15, 0.2) is 0 Å². The molecule has 4 aromatic rings. The van der Waals surface area contributed by atoms with Crippen molar-refractivity contribution in [2.45, 2.75) is 0 Å². The average molecular weight is 350 g/mol. The average Bonchev–Trinajstić information content (AvgIpc) is 3.14. The number of para-hydroxylation sites is 1. The number of benzene rings is 3. The van der Waals surface area contributed by atoms with E-state index in [2.05, 4.69) is 0 Å². The molecular weight excluding hydrogens is 336 g/mol. The van der Waals surface area contributed by atoms with E-state index >= 15 is 0 Å². The van der Waals surface area contributed by atoms with Crippen LogP contribution in [0.5, 0.6) is 0 Å². The first kappa shape index (κ1) is 15.5. The topological polar surface area (TPSA) is 52.0 Å². The van der Waals surface area contributed by atoms with Gasteiger partial charge in [0, 0.05) is 16.7 Å². The number of aromatic nitrogens is 2. The van der Waals surface area contributed by atoms with Crippen LogP contribution in [0.3, 0.4) is 0 Å². The first-order valence-electron chi connectivity index (χ1n) is 8.68. The first-order chi connectivity index (χ1) is 13.3. The summed E-state index contributed by atoms with van der Waals surface area (Å²) >= 11 is 0. The van der Waals surface area contributed by atoms with Crippen LogP contribution in [0.15, 0.2) is 84.9 Å². The van der Waals surface area contributed by atoms with Crippen LogP contribution in [0, 0.1) is 0 Å². The van der Waals surface area contributed by atoms with Gasteiger partial charge < -0.3 is 0 Å². The van der Waals surface area contributed by atoms with Gasteiger partial charge in [-0.1, -0.05) is 72.8 Å². The highest BCUT2D eigenvalue weighted by molar-refractivity contribution is 6.53. The Morgan fingerprint density at radius 1 is 0.630 bits per heavy atom. The zero-order valence-corrected chi connectivity index (χ0v) is 14.3. The van der Waals surface area contributed by atoms with Gasteiger partial charge in [0.05, 0.1) is 16.9 Å². The van der Waals surface area contributed by atoms with E-state index in [0.717, 1.165) is 16.8 Å². The van der Waals surface area contributed by atoms with Gasteiger partial charge in [0.25, 0.3) is 0 Å². The smallest absolute Gasteiger partial charge is 0.238 e. The maximum Gasteiger partial charge on any atom is 0.238 e. The molecule has 3 aromatic carbocycles. The monoisotopic (exact) mass is 350 g/mol. The minimum absolute atomic E-state index is 0.369. The lowest BCUT2D eigenvalue weighted by atomic mass is 9.86. The highest BCUT2D eigenvalue weighted by Gasteiger charge is 2.37. The van der Waals surface area contributed by atoms with Crippen molar-refractivity contribution in [2.75, 3.05) is 0 Å². The lowest BCUT2D eigenvalue weighted by Gasteiger charge is -2.17. The predicted molar refractivity (Wildman–Crippen MR) is 103 cm³/mol. The van der Waals surface area contributed by atoms with Crippen molar-refractivity contribution in [3.05, 3.63) is 96.1 Å². The fourth-order valence-electron chi connectivity index (χ4n) is 3.56. The molecule has 0 N–H and O–H groups in total. The number of nitrogens with zero attached hydrogens (tertiary/aromatic N) is 2. The molecule has 0 spiro atoms. The molecule has 0 atom stereocenters. The lowest BCUT2D eigenvalue weighted by molar-refractivity contribution is 0.0815. The van der Waals surface area contributed by atoms with E-state index in [1.165, 1.54) is 0 Å². The fourth-order valence-corrected chi connectivity index (χ4v) is 3.56. The largest absolute Gasteiger partial charge is 0.285 e. The van der Waals surface area contributed by atoms with Crippen LogP contribution in [0.1, 0.15) is 20.7 Å². The van der Waals surface area contributed by atoms with Gasteiger partial charge in [-0.3, -0.25) is 9.59 Å². The minimum atomic E-state index is -0.510. The Labute approximate surface area is 155 Å². The highest BCUT2D eigenvalue weighted by Crippen LogP contribution is 2.39. The molecule has 1 heterocycles. The zero-order valence-electron chi connectivity index (χ0n) is 14.3. The predicted octanol–water partition coefficient (Wildman–Crippen LogP) is 4.59. The van der Waals surface area contributed by atoms with Gasteiger partial charge in [-0.15, -0.1) is 0 Å². The van der Waals surface area contributed by atoms with E-state index < -0.39 is 11.6 Å². The number of fused-ring (bicyclic) bond motifs is 3. The molecule has 0 aliphatic heterocycles. The van der Waals surface area contributed by atoms with Gasteiger partial charge in [-0.2, -0.15) is 5.10 Å². The Morgan fingerprint density at radius 2 is 1.22 bits per heavy atom. The van der Waals surface area contributed by atoms with Gasteiger partial charge in [0.1, 0.15) is 5.69 Å².